The quantitative estimate of drug-likeness (QED) is 0.890. The summed E-state index contributed by atoms with van der Waals surface area (Å²) < 4.78 is 0. The maximum atomic E-state index is 12.7. The maximum absolute atomic E-state index is 12.7. The van der Waals surface area contributed by atoms with Gasteiger partial charge < -0.3 is 15.2 Å². The number of nitrogens with one attached hydrogen (secondary N) is 2. The molecule has 5 nitrogen and oxygen atoms in total. The van der Waals surface area contributed by atoms with Crippen molar-refractivity contribution in [1.29, 1.82) is 0 Å². The number of fused-ring (bicyclic) bond motifs is 1. The molecule has 5 heteroatoms. The summed E-state index contributed by atoms with van der Waals surface area (Å²) in [6.07, 6.45) is 0.751. The molecule has 0 unspecified atom stereocenters. The Balaban J connectivity index is 2.34. The largest absolute Gasteiger partial charge is 0.350 e. The third-order valence-corrected chi connectivity index (χ3v) is 4.05. The van der Waals surface area contributed by atoms with Gasteiger partial charge in [-0.3, -0.25) is 9.59 Å². The van der Waals surface area contributed by atoms with Crippen LogP contribution in [0.5, 0.6) is 0 Å². The summed E-state index contributed by atoms with van der Waals surface area (Å²) in [6, 6.07) is 7.33. The van der Waals surface area contributed by atoms with Crippen LogP contribution in [-0.4, -0.2) is 41.8 Å². The van der Waals surface area contributed by atoms with Gasteiger partial charge in [-0.1, -0.05) is 39.0 Å². The topological polar surface area (TPSA) is 65.2 Å². The molecule has 2 rings (SSSR count). The molecule has 1 aromatic carbocycles. The third-order valence-electron chi connectivity index (χ3n) is 4.05. The number of carbonyl (C=O) groups is 2. The van der Waals surface area contributed by atoms with Crippen LogP contribution >= 0.6 is 0 Å². The lowest BCUT2D eigenvalue weighted by molar-refractivity contribution is -0.131. The van der Waals surface area contributed by atoms with Gasteiger partial charge in [0.25, 0.3) is 5.91 Å². The van der Waals surface area contributed by atoms with E-state index in [-0.39, 0.29) is 17.7 Å². The van der Waals surface area contributed by atoms with E-state index >= 15 is 0 Å². The molecule has 2 amide bonds. The summed E-state index contributed by atoms with van der Waals surface area (Å²) in [6.45, 7) is 5.88. The van der Waals surface area contributed by atoms with Gasteiger partial charge in [0.15, 0.2) is 0 Å². The molecule has 1 heterocycles. The number of benzene rings is 1. The van der Waals surface area contributed by atoms with Gasteiger partial charge in [0.2, 0.25) is 5.91 Å². The summed E-state index contributed by atoms with van der Waals surface area (Å²) in [5, 5.41) is 3.94. The Hall–Kier alpha value is -2.30. The standard InChI is InChI=1S/C18H25N3O2/c1-6-12-13-9-7-8-10-14(13)19-16(12)17(22)20-15(11(2)3)18(23)21(4)5/h7-11,15,19H,6H2,1-5H3,(H,20,22)/t15-/m0/s1. The highest BCUT2D eigenvalue weighted by atomic mass is 16.2. The minimum atomic E-state index is -0.534. The summed E-state index contributed by atoms with van der Waals surface area (Å²) in [4.78, 5) is 29.7. The lowest BCUT2D eigenvalue weighted by Gasteiger charge is -2.24. The molecular weight excluding hydrogens is 290 g/mol. The molecule has 0 aliphatic rings. The number of amides is 2. The van der Waals surface area contributed by atoms with Gasteiger partial charge in [-0.05, 0) is 24.0 Å². The van der Waals surface area contributed by atoms with E-state index in [9.17, 15) is 9.59 Å². The first kappa shape index (κ1) is 17.1. The van der Waals surface area contributed by atoms with Gasteiger partial charge in [0.1, 0.15) is 11.7 Å². The van der Waals surface area contributed by atoms with Gasteiger partial charge in [-0.15, -0.1) is 0 Å². The fourth-order valence-corrected chi connectivity index (χ4v) is 2.77. The number of nitrogens with zero attached hydrogens (tertiary/aromatic N) is 1. The van der Waals surface area contributed by atoms with E-state index in [1.807, 2.05) is 45.0 Å². The van der Waals surface area contributed by atoms with Crippen LogP contribution in [0.4, 0.5) is 0 Å². The summed E-state index contributed by atoms with van der Waals surface area (Å²) >= 11 is 0. The highest BCUT2D eigenvalue weighted by Gasteiger charge is 2.27. The molecule has 0 fully saturated rings. The Morgan fingerprint density at radius 1 is 1.22 bits per heavy atom. The fourth-order valence-electron chi connectivity index (χ4n) is 2.77. The fraction of sp³-hybridized carbons (Fsp3) is 0.444. The maximum Gasteiger partial charge on any atom is 0.268 e. The van der Waals surface area contributed by atoms with Gasteiger partial charge in [0.05, 0.1) is 0 Å². The normalized spacial score (nSPS) is 12.4. The molecule has 0 aliphatic carbocycles. The molecule has 0 saturated carbocycles. The predicted molar refractivity (Wildman–Crippen MR) is 92.5 cm³/mol. The first-order valence-electron chi connectivity index (χ1n) is 7.98. The van der Waals surface area contributed by atoms with Crippen LogP contribution in [0.1, 0.15) is 36.8 Å². The monoisotopic (exact) mass is 315 g/mol. The van der Waals surface area contributed by atoms with Crippen molar-refractivity contribution < 1.29 is 9.59 Å². The third kappa shape index (κ3) is 3.38. The first-order valence-corrected chi connectivity index (χ1v) is 7.98. The van der Waals surface area contributed by atoms with Crippen molar-refractivity contribution in [3.05, 3.63) is 35.5 Å². The van der Waals surface area contributed by atoms with Crippen LogP contribution in [0, 0.1) is 5.92 Å². The lowest BCUT2D eigenvalue weighted by Crippen LogP contribution is -2.49. The van der Waals surface area contributed by atoms with E-state index in [0.29, 0.717) is 5.69 Å². The smallest absolute Gasteiger partial charge is 0.268 e. The number of likely N-dealkylation sites (N-methyl/N-ethyl adjacent to an activating group) is 1. The number of aromatic amines is 1. The van der Waals surface area contributed by atoms with E-state index < -0.39 is 6.04 Å². The van der Waals surface area contributed by atoms with Gasteiger partial charge in [-0.25, -0.2) is 0 Å². The Labute approximate surface area is 137 Å². The molecule has 0 radical (unpaired) electrons. The predicted octanol–water partition coefficient (Wildman–Crippen LogP) is 2.57. The molecule has 1 atom stereocenters. The van der Waals surface area contributed by atoms with Crippen molar-refractivity contribution in [3.8, 4) is 0 Å². The first-order chi connectivity index (χ1) is 10.9. The molecule has 0 aliphatic heterocycles. The van der Waals surface area contributed by atoms with Crippen molar-refractivity contribution in [2.45, 2.75) is 33.2 Å². The summed E-state index contributed by atoms with van der Waals surface area (Å²) in [7, 11) is 3.40. The number of hydrogen-bond acceptors (Lipinski definition) is 2. The van der Waals surface area contributed by atoms with Gasteiger partial charge in [-0.2, -0.15) is 0 Å². The van der Waals surface area contributed by atoms with Crippen molar-refractivity contribution in [2.24, 2.45) is 5.92 Å². The van der Waals surface area contributed by atoms with E-state index in [2.05, 4.69) is 10.3 Å². The Bertz CT molecular complexity index is 716. The van der Waals surface area contributed by atoms with Gasteiger partial charge in [0, 0.05) is 25.0 Å². The SMILES string of the molecule is CCc1c(C(=O)N[C@H](C(=O)N(C)C)C(C)C)[nH]c2ccccc12. The molecule has 124 valence electrons. The highest BCUT2D eigenvalue weighted by Crippen LogP contribution is 2.23. The average Bonchev–Trinajstić information content (AvgIpc) is 2.89. The molecule has 0 saturated heterocycles. The second-order valence-electron chi connectivity index (χ2n) is 6.31. The van der Waals surface area contributed by atoms with Crippen LogP contribution in [0.3, 0.4) is 0 Å². The van der Waals surface area contributed by atoms with Gasteiger partial charge >= 0.3 is 0 Å². The number of H-pyrrole nitrogens is 1. The van der Waals surface area contributed by atoms with Crippen LogP contribution < -0.4 is 5.32 Å². The Kier molecular flexibility index (Phi) is 5.08. The molecule has 1 aromatic heterocycles. The molecule has 0 spiro atoms. The molecular formula is C18H25N3O2. The minimum absolute atomic E-state index is 0.0169. The summed E-state index contributed by atoms with van der Waals surface area (Å²) in [5.74, 6) is -0.308. The van der Waals surface area contributed by atoms with E-state index in [1.165, 1.54) is 4.90 Å². The van der Waals surface area contributed by atoms with Crippen LogP contribution in [0.15, 0.2) is 24.3 Å². The zero-order valence-corrected chi connectivity index (χ0v) is 14.4. The molecule has 0 bridgehead atoms. The Morgan fingerprint density at radius 3 is 2.43 bits per heavy atom. The highest BCUT2D eigenvalue weighted by molar-refractivity contribution is 6.02. The molecule has 2 N–H and O–H groups in total. The van der Waals surface area contributed by atoms with E-state index in [4.69, 9.17) is 0 Å². The number of hydrogen-bond donors (Lipinski definition) is 2. The zero-order chi connectivity index (χ0) is 17.1. The second-order valence-corrected chi connectivity index (χ2v) is 6.31. The second kappa shape index (κ2) is 6.86. The number of para-hydroxylation sites is 1. The van der Waals surface area contributed by atoms with Crippen molar-refractivity contribution >= 4 is 22.7 Å². The van der Waals surface area contributed by atoms with E-state index in [1.54, 1.807) is 14.1 Å². The lowest BCUT2D eigenvalue weighted by atomic mass is 10.0. The molecule has 2 aromatic rings. The van der Waals surface area contributed by atoms with E-state index in [0.717, 1.165) is 22.9 Å². The van der Waals surface area contributed by atoms with Crippen molar-refractivity contribution in [2.75, 3.05) is 14.1 Å². The molecule has 23 heavy (non-hydrogen) atoms. The average molecular weight is 315 g/mol. The van der Waals surface area contributed by atoms with Crippen molar-refractivity contribution in [1.82, 2.24) is 15.2 Å². The van der Waals surface area contributed by atoms with Crippen LogP contribution in [0.2, 0.25) is 0 Å². The number of aromatic nitrogens is 1. The number of rotatable bonds is 5. The van der Waals surface area contributed by atoms with Crippen molar-refractivity contribution in [3.63, 3.8) is 0 Å². The van der Waals surface area contributed by atoms with Crippen LogP contribution in [0.25, 0.3) is 10.9 Å². The Morgan fingerprint density at radius 2 is 1.87 bits per heavy atom. The zero-order valence-electron chi connectivity index (χ0n) is 14.4. The number of aryl methyl sites for hydroxylation is 1. The minimum Gasteiger partial charge on any atom is -0.350 e. The number of carbonyl (C=O) groups excluding carboxylic acids is 2. The van der Waals surface area contributed by atoms with Crippen LogP contribution in [-0.2, 0) is 11.2 Å². The summed E-state index contributed by atoms with van der Waals surface area (Å²) in [5.41, 5.74) is 2.47.